The molecule has 6 nitrogen and oxygen atoms in total. The van der Waals surface area contributed by atoms with E-state index in [1.807, 2.05) is 39.0 Å². The molecule has 0 aromatic rings. The number of hydrogen-bond acceptors (Lipinski definition) is 5. The third-order valence-electron chi connectivity index (χ3n) is 6.19. The zero-order valence-electron chi connectivity index (χ0n) is 22.4. The second-order valence-corrected chi connectivity index (χ2v) is 8.32. The van der Waals surface area contributed by atoms with Gasteiger partial charge in [0.25, 0.3) is 0 Å². The number of carbonyl (C=O) groups excluding carboxylic acids is 1. The predicted molar refractivity (Wildman–Crippen MR) is 149 cm³/mol. The van der Waals surface area contributed by atoms with Crippen molar-refractivity contribution >= 4 is 12.3 Å². The number of nitrogens with one attached hydrogen (secondary N) is 1. The van der Waals surface area contributed by atoms with Crippen LogP contribution >= 0.6 is 0 Å². The monoisotopic (exact) mass is 491 g/mol. The molecule has 36 heavy (non-hydrogen) atoms. The van der Waals surface area contributed by atoms with Crippen molar-refractivity contribution in [2.24, 2.45) is 4.99 Å². The molecule has 0 aromatic carbocycles. The summed E-state index contributed by atoms with van der Waals surface area (Å²) in [5.74, 6) is 0. The van der Waals surface area contributed by atoms with E-state index in [9.17, 15) is 9.90 Å². The molecule has 1 atom stereocenters. The maximum atomic E-state index is 13.3. The number of nitrogens with zero attached hydrogens (tertiary/aromatic N) is 2. The lowest BCUT2D eigenvalue weighted by Crippen LogP contribution is -2.36. The molecule has 0 saturated carbocycles. The first-order chi connectivity index (χ1) is 17.5. The van der Waals surface area contributed by atoms with Gasteiger partial charge in [-0.1, -0.05) is 58.6 Å². The van der Waals surface area contributed by atoms with Crippen molar-refractivity contribution in [1.82, 2.24) is 10.2 Å². The minimum absolute atomic E-state index is 0.430. The molecule has 6 heteroatoms. The SMILES string of the molecule is C=CC1=C(/C=C\N2C(=O)OC(O)/C(=C\C=NC)C(=C)C3=C2CCC(/C=C\C)=C3CCC)NCC1.CC. The normalized spacial score (nSPS) is 22.2. The van der Waals surface area contributed by atoms with Crippen LogP contribution in [0.2, 0.25) is 0 Å². The molecule has 2 N–H and O–H groups in total. The van der Waals surface area contributed by atoms with Crippen molar-refractivity contribution in [3.63, 3.8) is 0 Å². The second-order valence-electron chi connectivity index (χ2n) is 8.32. The smallest absolute Gasteiger partial charge is 0.415 e. The summed E-state index contributed by atoms with van der Waals surface area (Å²) >= 11 is 0. The van der Waals surface area contributed by atoms with Crippen LogP contribution in [0.1, 0.15) is 59.8 Å². The standard InChI is InChI=1S/C28H35N3O3.C2H6/c1-6-9-21-11-12-25-26(23(21)10-7-2)19(4)22(14-16-29-5)27(32)34-28(33)31(25)18-15-24-20(8-3)13-17-30-24;1-2/h6,8-9,14-16,18,27,30,32H,3-4,7,10-13,17H2,1-2,5H3;1-2H3/b9-6-,18-15-,22-14-,29-16?;. The van der Waals surface area contributed by atoms with E-state index in [4.69, 9.17) is 4.74 Å². The maximum absolute atomic E-state index is 13.3. The Labute approximate surface area is 216 Å². The predicted octanol–water partition coefficient (Wildman–Crippen LogP) is 6.63. The molecule has 0 saturated heterocycles. The minimum Gasteiger partial charge on any atom is -0.415 e. The number of amides is 1. The fourth-order valence-corrected chi connectivity index (χ4v) is 4.60. The minimum atomic E-state index is -1.45. The van der Waals surface area contributed by atoms with Gasteiger partial charge in [-0.05, 0) is 67.1 Å². The zero-order valence-corrected chi connectivity index (χ0v) is 22.4. The molecule has 1 aliphatic carbocycles. The highest BCUT2D eigenvalue weighted by Crippen LogP contribution is 2.43. The van der Waals surface area contributed by atoms with Crippen molar-refractivity contribution in [3.05, 3.63) is 94.6 Å². The van der Waals surface area contributed by atoms with E-state index < -0.39 is 12.4 Å². The number of hydrogen-bond donors (Lipinski definition) is 2. The van der Waals surface area contributed by atoms with Gasteiger partial charge in [-0.15, -0.1) is 0 Å². The Kier molecular flexibility index (Phi) is 11.4. The first kappa shape index (κ1) is 28.9. The van der Waals surface area contributed by atoms with Gasteiger partial charge in [0.15, 0.2) is 0 Å². The molecule has 2 aliphatic heterocycles. The average molecular weight is 492 g/mol. The fraction of sp³-hybridized carbons (Fsp3) is 0.400. The molecule has 0 spiro atoms. The van der Waals surface area contributed by atoms with Crippen molar-refractivity contribution in [3.8, 4) is 0 Å². The van der Waals surface area contributed by atoms with Gasteiger partial charge in [-0.25, -0.2) is 4.79 Å². The van der Waals surface area contributed by atoms with E-state index in [1.54, 1.807) is 25.5 Å². The highest BCUT2D eigenvalue weighted by molar-refractivity contribution is 5.79. The molecular weight excluding hydrogens is 450 g/mol. The largest absolute Gasteiger partial charge is 0.420 e. The Bertz CT molecular complexity index is 1070. The van der Waals surface area contributed by atoms with Crippen LogP contribution in [0, 0.1) is 0 Å². The van der Waals surface area contributed by atoms with Crippen LogP contribution in [-0.2, 0) is 4.74 Å². The van der Waals surface area contributed by atoms with Gasteiger partial charge in [0.05, 0.1) is 0 Å². The van der Waals surface area contributed by atoms with Crippen molar-refractivity contribution < 1.29 is 14.6 Å². The number of ether oxygens (including phenoxy) is 1. The highest BCUT2D eigenvalue weighted by Gasteiger charge is 2.35. The van der Waals surface area contributed by atoms with Gasteiger partial charge in [-0.3, -0.25) is 9.89 Å². The summed E-state index contributed by atoms with van der Waals surface area (Å²) in [5.41, 5.74) is 7.21. The van der Waals surface area contributed by atoms with Gasteiger partial charge in [0.1, 0.15) is 0 Å². The zero-order chi connectivity index (χ0) is 26.7. The number of aliphatic imine (C=N–C) groups is 1. The number of allylic oxidation sites excluding steroid dienone is 9. The molecule has 3 aliphatic rings. The molecule has 194 valence electrons. The van der Waals surface area contributed by atoms with Crippen LogP contribution < -0.4 is 5.32 Å². The van der Waals surface area contributed by atoms with Crippen LogP contribution in [0.15, 0.2) is 99.6 Å². The van der Waals surface area contributed by atoms with E-state index in [0.29, 0.717) is 17.6 Å². The summed E-state index contributed by atoms with van der Waals surface area (Å²) in [6.45, 7) is 17.2. The summed E-state index contributed by atoms with van der Waals surface area (Å²) in [6.07, 6.45) is 14.9. The summed E-state index contributed by atoms with van der Waals surface area (Å²) < 4.78 is 5.45. The molecular formula is C30H41N3O3. The first-order valence-corrected chi connectivity index (χ1v) is 12.8. The number of carbonyl (C=O) groups is 1. The molecule has 3 rings (SSSR count). The number of aliphatic hydroxyl groups is 1. The molecule has 1 amide bonds. The van der Waals surface area contributed by atoms with Crippen LogP contribution in [0.4, 0.5) is 4.79 Å². The first-order valence-electron chi connectivity index (χ1n) is 12.8. The van der Waals surface area contributed by atoms with E-state index in [1.165, 1.54) is 10.5 Å². The summed E-state index contributed by atoms with van der Waals surface area (Å²) in [7, 11) is 1.65. The van der Waals surface area contributed by atoms with Crippen molar-refractivity contribution in [2.45, 2.75) is 66.1 Å². The summed E-state index contributed by atoms with van der Waals surface area (Å²) in [5, 5.41) is 14.2. The lowest BCUT2D eigenvalue weighted by Gasteiger charge is -2.35. The molecule has 0 aromatic heterocycles. The summed E-state index contributed by atoms with van der Waals surface area (Å²) in [4.78, 5) is 18.8. The maximum Gasteiger partial charge on any atom is 0.420 e. The number of cyclic esters (lactones) is 1. The Hall–Kier alpha value is -3.38. The molecule has 2 heterocycles. The lowest BCUT2D eigenvalue weighted by atomic mass is 9.80. The van der Waals surface area contributed by atoms with Crippen LogP contribution in [-0.4, -0.2) is 42.2 Å². The van der Waals surface area contributed by atoms with E-state index in [-0.39, 0.29) is 0 Å². The van der Waals surface area contributed by atoms with Crippen LogP contribution in [0.5, 0.6) is 0 Å². The van der Waals surface area contributed by atoms with Gasteiger partial charge in [0.2, 0.25) is 6.29 Å². The van der Waals surface area contributed by atoms with E-state index in [0.717, 1.165) is 60.3 Å². The van der Waals surface area contributed by atoms with Crippen LogP contribution in [0.3, 0.4) is 0 Å². The van der Waals surface area contributed by atoms with Crippen LogP contribution in [0.25, 0.3) is 0 Å². The third-order valence-corrected chi connectivity index (χ3v) is 6.19. The Balaban J connectivity index is 0.00000222. The molecule has 1 unspecified atom stereocenters. The Morgan fingerprint density at radius 3 is 2.61 bits per heavy atom. The van der Waals surface area contributed by atoms with E-state index >= 15 is 0 Å². The Morgan fingerprint density at radius 1 is 1.22 bits per heavy atom. The average Bonchev–Trinajstić information content (AvgIpc) is 3.34. The number of aliphatic hydroxyl groups excluding tert-OH is 1. The molecule has 0 radical (unpaired) electrons. The van der Waals surface area contributed by atoms with Crippen molar-refractivity contribution in [1.29, 1.82) is 0 Å². The topological polar surface area (TPSA) is 74.2 Å². The number of rotatable bonds is 7. The summed E-state index contributed by atoms with van der Waals surface area (Å²) in [6, 6.07) is 0. The molecule has 0 fully saturated rings. The van der Waals surface area contributed by atoms with Gasteiger partial charge in [0, 0.05) is 48.5 Å². The van der Waals surface area contributed by atoms with Gasteiger partial charge < -0.3 is 15.2 Å². The van der Waals surface area contributed by atoms with Gasteiger partial charge in [-0.2, -0.15) is 0 Å². The quantitative estimate of drug-likeness (QED) is 0.392. The van der Waals surface area contributed by atoms with Crippen molar-refractivity contribution in [2.75, 3.05) is 13.6 Å². The highest BCUT2D eigenvalue weighted by atomic mass is 16.6. The van der Waals surface area contributed by atoms with Gasteiger partial charge >= 0.3 is 6.09 Å². The lowest BCUT2D eigenvalue weighted by molar-refractivity contribution is -0.0318. The molecule has 0 bridgehead atoms. The van der Waals surface area contributed by atoms with E-state index in [2.05, 4.69) is 36.5 Å². The second kappa shape index (κ2) is 14.2. The third kappa shape index (κ3) is 6.43. The Morgan fingerprint density at radius 2 is 1.97 bits per heavy atom. The fourth-order valence-electron chi connectivity index (χ4n) is 4.60.